The average molecular weight is 422 g/mol. The topological polar surface area (TPSA) is 26.3 Å². The molecule has 0 aliphatic rings. The minimum absolute atomic E-state index is 0.0126. The van der Waals surface area contributed by atoms with Crippen LogP contribution in [-0.2, 0) is 0 Å². The SMILES string of the molecule is O=C(COc1cc(F)c(Cl)cc1Br)c1ccccc1Br. The van der Waals surface area contributed by atoms with E-state index in [4.69, 9.17) is 16.3 Å². The predicted molar refractivity (Wildman–Crippen MR) is 83.1 cm³/mol. The van der Waals surface area contributed by atoms with Crippen LogP contribution in [-0.4, -0.2) is 12.4 Å². The van der Waals surface area contributed by atoms with Crippen LogP contribution in [0.25, 0.3) is 0 Å². The molecule has 0 heterocycles. The van der Waals surface area contributed by atoms with E-state index in [9.17, 15) is 9.18 Å². The normalized spacial score (nSPS) is 10.4. The van der Waals surface area contributed by atoms with Gasteiger partial charge in [0.1, 0.15) is 11.6 Å². The van der Waals surface area contributed by atoms with Crippen molar-refractivity contribution in [2.45, 2.75) is 0 Å². The largest absolute Gasteiger partial charge is 0.484 e. The number of rotatable bonds is 4. The van der Waals surface area contributed by atoms with Gasteiger partial charge >= 0.3 is 0 Å². The molecule has 0 aliphatic carbocycles. The molecule has 0 radical (unpaired) electrons. The fraction of sp³-hybridized carbons (Fsp3) is 0.0714. The van der Waals surface area contributed by atoms with Crippen LogP contribution < -0.4 is 4.74 Å². The van der Waals surface area contributed by atoms with Crippen LogP contribution in [0.4, 0.5) is 4.39 Å². The average Bonchev–Trinajstić information content (AvgIpc) is 2.41. The molecule has 6 heteroatoms. The molecular formula is C14H8Br2ClFO2. The van der Waals surface area contributed by atoms with Gasteiger partial charge in [0.25, 0.3) is 0 Å². The Balaban J connectivity index is 2.12. The molecule has 2 aromatic rings. The summed E-state index contributed by atoms with van der Waals surface area (Å²) in [5, 5.41) is -0.0126. The van der Waals surface area contributed by atoms with Crippen molar-refractivity contribution >= 4 is 49.2 Å². The minimum Gasteiger partial charge on any atom is -0.484 e. The lowest BCUT2D eigenvalue weighted by Gasteiger charge is -2.09. The highest BCUT2D eigenvalue weighted by Crippen LogP contribution is 2.30. The van der Waals surface area contributed by atoms with E-state index in [0.29, 0.717) is 14.5 Å². The van der Waals surface area contributed by atoms with E-state index in [1.807, 2.05) is 6.07 Å². The van der Waals surface area contributed by atoms with Crippen molar-refractivity contribution in [2.75, 3.05) is 6.61 Å². The van der Waals surface area contributed by atoms with Crippen LogP contribution in [0.15, 0.2) is 45.3 Å². The van der Waals surface area contributed by atoms with Gasteiger partial charge in [-0.25, -0.2) is 4.39 Å². The van der Waals surface area contributed by atoms with Crippen LogP contribution >= 0.6 is 43.5 Å². The summed E-state index contributed by atoms with van der Waals surface area (Å²) in [4.78, 5) is 12.0. The van der Waals surface area contributed by atoms with Gasteiger partial charge in [-0.1, -0.05) is 45.7 Å². The summed E-state index contributed by atoms with van der Waals surface area (Å²) in [6.07, 6.45) is 0. The van der Waals surface area contributed by atoms with Gasteiger partial charge in [-0.3, -0.25) is 4.79 Å². The minimum atomic E-state index is -0.599. The lowest BCUT2D eigenvalue weighted by atomic mass is 10.1. The highest BCUT2D eigenvalue weighted by molar-refractivity contribution is 9.10. The van der Waals surface area contributed by atoms with Gasteiger partial charge in [-0.05, 0) is 28.1 Å². The molecule has 0 N–H and O–H groups in total. The van der Waals surface area contributed by atoms with Crippen LogP contribution in [0.5, 0.6) is 5.75 Å². The molecule has 2 aromatic carbocycles. The Morgan fingerprint density at radius 3 is 2.60 bits per heavy atom. The molecule has 0 atom stereocenters. The van der Waals surface area contributed by atoms with Crippen molar-refractivity contribution in [3.63, 3.8) is 0 Å². The molecule has 0 amide bonds. The van der Waals surface area contributed by atoms with E-state index >= 15 is 0 Å². The first kappa shape index (κ1) is 15.5. The van der Waals surface area contributed by atoms with Gasteiger partial charge in [-0.15, -0.1) is 0 Å². The number of ketones is 1. The maximum atomic E-state index is 13.3. The summed E-state index contributed by atoms with van der Waals surface area (Å²) in [6.45, 7) is -0.192. The molecule has 0 saturated heterocycles. The maximum Gasteiger partial charge on any atom is 0.201 e. The molecule has 2 rings (SSSR count). The van der Waals surface area contributed by atoms with Gasteiger partial charge < -0.3 is 4.74 Å². The third-order valence-corrected chi connectivity index (χ3v) is 4.11. The first-order valence-electron chi connectivity index (χ1n) is 5.54. The van der Waals surface area contributed by atoms with E-state index < -0.39 is 5.82 Å². The molecule has 0 saturated carbocycles. The highest BCUT2D eigenvalue weighted by atomic mass is 79.9. The van der Waals surface area contributed by atoms with Gasteiger partial charge in [0, 0.05) is 16.1 Å². The van der Waals surface area contributed by atoms with Crippen LogP contribution in [0, 0.1) is 5.82 Å². The Labute approximate surface area is 137 Å². The zero-order valence-electron chi connectivity index (χ0n) is 10.00. The number of carbonyl (C=O) groups is 1. The summed E-state index contributed by atoms with van der Waals surface area (Å²) in [7, 11) is 0. The zero-order valence-corrected chi connectivity index (χ0v) is 13.9. The third-order valence-electron chi connectivity index (χ3n) is 2.51. The predicted octanol–water partition coefficient (Wildman–Crippen LogP) is 5.27. The van der Waals surface area contributed by atoms with Crippen molar-refractivity contribution in [1.29, 1.82) is 0 Å². The summed E-state index contributed by atoms with van der Waals surface area (Å²) >= 11 is 12.1. The van der Waals surface area contributed by atoms with Crippen LogP contribution in [0.1, 0.15) is 10.4 Å². The first-order chi connectivity index (χ1) is 9.49. The van der Waals surface area contributed by atoms with Crippen molar-refractivity contribution in [1.82, 2.24) is 0 Å². The second kappa shape index (κ2) is 6.70. The van der Waals surface area contributed by atoms with Gasteiger partial charge in [0.05, 0.1) is 9.50 Å². The Morgan fingerprint density at radius 1 is 1.20 bits per heavy atom. The highest BCUT2D eigenvalue weighted by Gasteiger charge is 2.13. The van der Waals surface area contributed by atoms with Crippen molar-refractivity contribution < 1.29 is 13.9 Å². The Morgan fingerprint density at radius 2 is 1.90 bits per heavy atom. The van der Waals surface area contributed by atoms with E-state index in [2.05, 4.69) is 31.9 Å². The van der Waals surface area contributed by atoms with Crippen LogP contribution in [0.3, 0.4) is 0 Å². The lowest BCUT2D eigenvalue weighted by molar-refractivity contribution is 0.0920. The summed E-state index contributed by atoms with van der Waals surface area (Å²) in [6, 6.07) is 9.55. The number of Topliss-reactive ketones (excluding diaryl/α,β-unsaturated/α-hetero) is 1. The molecule has 0 bridgehead atoms. The Hall–Kier alpha value is -0.910. The third kappa shape index (κ3) is 3.59. The zero-order chi connectivity index (χ0) is 14.7. The molecule has 2 nitrogen and oxygen atoms in total. The number of ether oxygens (including phenoxy) is 1. The molecule has 20 heavy (non-hydrogen) atoms. The van der Waals surface area contributed by atoms with Gasteiger partial charge in [0.2, 0.25) is 5.78 Å². The summed E-state index contributed by atoms with van der Waals surface area (Å²) < 4.78 is 19.9. The van der Waals surface area contributed by atoms with E-state index in [0.717, 1.165) is 6.07 Å². The van der Waals surface area contributed by atoms with Gasteiger partial charge in [-0.2, -0.15) is 0 Å². The fourth-order valence-electron chi connectivity index (χ4n) is 1.52. The maximum absolute atomic E-state index is 13.3. The van der Waals surface area contributed by atoms with Gasteiger partial charge in [0.15, 0.2) is 6.61 Å². The molecule has 104 valence electrons. The van der Waals surface area contributed by atoms with E-state index in [1.165, 1.54) is 6.07 Å². The molecule has 0 aromatic heterocycles. The standard InChI is InChI=1S/C14H8Br2ClFO2/c15-9-4-2-1-3-8(9)13(19)7-20-14-6-12(18)11(17)5-10(14)16/h1-6H,7H2. The van der Waals surface area contributed by atoms with E-state index in [1.54, 1.807) is 18.2 Å². The van der Waals surface area contributed by atoms with Crippen molar-refractivity contribution in [3.05, 3.63) is 61.7 Å². The first-order valence-corrected chi connectivity index (χ1v) is 7.50. The Bertz CT molecular complexity index is 662. The number of halogens is 4. The number of hydrogen-bond donors (Lipinski definition) is 0. The second-order valence-electron chi connectivity index (χ2n) is 3.89. The van der Waals surface area contributed by atoms with E-state index in [-0.39, 0.29) is 23.2 Å². The molecule has 0 fully saturated rings. The number of benzene rings is 2. The van der Waals surface area contributed by atoms with Crippen LogP contribution in [0.2, 0.25) is 5.02 Å². The number of hydrogen-bond acceptors (Lipinski definition) is 2. The quantitative estimate of drug-likeness (QED) is 0.496. The molecule has 0 unspecified atom stereocenters. The molecular weight excluding hydrogens is 414 g/mol. The number of carbonyl (C=O) groups excluding carboxylic acids is 1. The summed E-state index contributed by atoms with van der Waals surface area (Å²) in [5.41, 5.74) is 0.512. The molecule has 0 spiro atoms. The van der Waals surface area contributed by atoms with Crippen molar-refractivity contribution in [3.8, 4) is 5.75 Å². The monoisotopic (exact) mass is 420 g/mol. The lowest BCUT2D eigenvalue weighted by Crippen LogP contribution is -2.12. The second-order valence-corrected chi connectivity index (χ2v) is 6.00. The summed E-state index contributed by atoms with van der Waals surface area (Å²) in [5.74, 6) is -0.578. The molecule has 0 aliphatic heterocycles. The fourth-order valence-corrected chi connectivity index (χ4v) is 2.78. The van der Waals surface area contributed by atoms with Crippen molar-refractivity contribution in [2.24, 2.45) is 0 Å². The Kier molecular flexibility index (Phi) is 5.18. The smallest absolute Gasteiger partial charge is 0.201 e.